The van der Waals surface area contributed by atoms with Gasteiger partial charge in [0.15, 0.2) is 5.89 Å². The molecule has 1 N–H and O–H groups in total. The summed E-state index contributed by atoms with van der Waals surface area (Å²) < 4.78 is 5.31. The van der Waals surface area contributed by atoms with Crippen LogP contribution in [-0.2, 0) is 4.79 Å². The Morgan fingerprint density at radius 1 is 1.75 bits per heavy atom. The van der Waals surface area contributed by atoms with E-state index in [1.807, 2.05) is 0 Å². The van der Waals surface area contributed by atoms with Gasteiger partial charge in [-0.25, -0.2) is 4.98 Å². The van der Waals surface area contributed by atoms with E-state index in [0.717, 1.165) is 5.76 Å². The highest BCUT2D eigenvalue weighted by Crippen LogP contribution is 2.22. The number of oxazole rings is 1. The molecule has 12 heavy (non-hydrogen) atoms. The molecule has 4 heteroatoms. The van der Waals surface area contributed by atoms with Crippen molar-refractivity contribution in [2.45, 2.75) is 19.3 Å². The van der Waals surface area contributed by atoms with Crippen molar-refractivity contribution in [2.75, 3.05) is 6.54 Å². The van der Waals surface area contributed by atoms with Crippen LogP contribution in [0, 0.1) is 6.92 Å². The Morgan fingerprint density at radius 2 is 2.58 bits per heavy atom. The standard InChI is InChI=1S/C8H10N2O2/c1-5-9-4-7(12-5)6-2-8(11)10-3-6/h4,6H,2-3H2,1H3,(H,10,11)/t6-/m1/s1. The van der Waals surface area contributed by atoms with Crippen LogP contribution in [0.3, 0.4) is 0 Å². The van der Waals surface area contributed by atoms with Crippen LogP contribution in [0.4, 0.5) is 0 Å². The Kier molecular flexibility index (Phi) is 1.60. The average molecular weight is 166 g/mol. The molecule has 1 aromatic rings. The zero-order valence-electron chi connectivity index (χ0n) is 6.83. The molecule has 0 unspecified atom stereocenters. The van der Waals surface area contributed by atoms with Crippen molar-refractivity contribution in [3.63, 3.8) is 0 Å². The second kappa shape index (κ2) is 2.62. The number of carbonyl (C=O) groups is 1. The smallest absolute Gasteiger partial charge is 0.220 e. The van der Waals surface area contributed by atoms with E-state index in [4.69, 9.17) is 4.42 Å². The number of hydrogen-bond donors (Lipinski definition) is 1. The molecule has 1 aromatic heterocycles. The van der Waals surface area contributed by atoms with Gasteiger partial charge in [-0.1, -0.05) is 0 Å². The van der Waals surface area contributed by atoms with Gasteiger partial charge in [0.25, 0.3) is 0 Å². The lowest BCUT2D eigenvalue weighted by atomic mass is 10.1. The monoisotopic (exact) mass is 166 g/mol. The van der Waals surface area contributed by atoms with Gasteiger partial charge < -0.3 is 9.73 Å². The van der Waals surface area contributed by atoms with Gasteiger partial charge in [0.1, 0.15) is 5.76 Å². The summed E-state index contributed by atoms with van der Waals surface area (Å²) >= 11 is 0. The second-order valence-electron chi connectivity index (χ2n) is 2.99. The number of nitrogens with zero attached hydrogens (tertiary/aromatic N) is 1. The molecule has 1 saturated heterocycles. The summed E-state index contributed by atoms with van der Waals surface area (Å²) in [6.07, 6.45) is 2.22. The summed E-state index contributed by atoms with van der Waals surface area (Å²) in [7, 11) is 0. The van der Waals surface area contributed by atoms with E-state index >= 15 is 0 Å². The molecule has 2 heterocycles. The van der Waals surface area contributed by atoms with Crippen LogP contribution in [-0.4, -0.2) is 17.4 Å². The highest BCUT2D eigenvalue weighted by molar-refractivity contribution is 5.79. The van der Waals surface area contributed by atoms with Crippen LogP contribution in [0.1, 0.15) is 24.0 Å². The van der Waals surface area contributed by atoms with Crippen LogP contribution in [0.5, 0.6) is 0 Å². The number of rotatable bonds is 1. The lowest BCUT2D eigenvalue weighted by Gasteiger charge is -1.99. The molecular formula is C8H10N2O2. The highest BCUT2D eigenvalue weighted by atomic mass is 16.4. The molecule has 1 aliphatic rings. The molecule has 0 radical (unpaired) electrons. The summed E-state index contributed by atoms with van der Waals surface area (Å²) in [5.74, 6) is 1.74. The summed E-state index contributed by atoms with van der Waals surface area (Å²) in [4.78, 5) is 14.8. The van der Waals surface area contributed by atoms with Gasteiger partial charge in [0, 0.05) is 25.8 Å². The van der Waals surface area contributed by atoms with E-state index in [1.54, 1.807) is 13.1 Å². The van der Waals surface area contributed by atoms with E-state index < -0.39 is 0 Å². The summed E-state index contributed by atoms with van der Waals surface area (Å²) in [6, 6.07) is 0. The third kappa shape index (κ3) is 1.20. The van der Waals surface area contributed by atoms with Gasteiger partial charge in [-0.15, -0.1) is 0 Å². The molecule has 1 fully saturated rings. The number of aromatic nitrogens is 1. The van der Waals surface area contributed by atoms with Gasteiger partial charge in [-0.3, -0.25) is 4.79 Å². The first-order valence-electron chi connectivity index (χ1n) is 3.95. The Labute approximate surface area is 70.0 Å². The quantitative estimate of drug-likeness (QED) is 0.664. The SMILES string of the molecule is Cc1ncc([C@H]2CNC(=O)C2)o1. The van der Waals surface area contributed by atoms with Crippen LogP contribution in [0.2, 0.25) is 0 Å². The van der Waals surface area contributed by atoms with E-state index in [2.05, 4.69) is 10.3 Å². The van der Waals surface area contributed by atoms with Crippen molar-refractivity contribution in [1.82, 2.24) is 10.3 Å². The normalized spacial score (nSPS) is 22.8. The molecule has 0 aliphatic carbocycles. The largest absolute Gasteiger partial charge is 0.446 e. The lowest BCUT2D eigenvalue weighted by molar-refractivity contribution is -0.119. The van der Waals surface area contributed by atoms with Gasteiger partial charge in [0.05, 0.1) is 6.20 Å². The predicted molar refractivity (Wildman–Crippen MR) is 41.6 cm³/mol. The molecule has 1 atom stereocenters. The van der Waals surface area contributed by atoms with Gasteiger partial charge in [-0.2, -0.15) is 0 Å². The van der Waals surface area contributed by atoms with Crippen LogP contribution >= 0.6 is 0 Å². The first-order valence-corrected chi connectivity index (χ1v) is 3.95. The predicted octanol–water partition coefficient (Wildman–Crippen LogP) is 0.587. The zero-order valence-corrected chi connectivity index (χ0v) is 6.83. The van der Waals surface area contributed by atoms with Crippen molar-refractivity contribution in [1.29, 1.82) is 0 Å². The van der Waals surface area contributed by atoms with Crippen molar-refractivity contribution >= 4 is 5.91 Å². The van der Waals surface area contributed by atoms with Crippen LogP contribution in [0.25, 0.3) is 0 Å². The topological polar surface area (TPSA) is 55.1 Å². The van der Waals surface area contributed by atoms with E-state index in [-0.39, 0.29) is 11.8 Å². The number of hydrogen-bond acceptors (Lipinski definition) is 3. The van der Waals surface area contributed by atoms with Crippen molar-refractivity contribution in [3.05, 3.63) is 17.8 Å². The van der Waals surface area contributed by atoms with E-state index in [9.17, 15) is 4.79 Å². The number of amides is 1. The summed E-state index contributed by atoms with van der Waals surface area (Å²) in [6.45, 7) is 2.47. The minimum Gasteiger partial charge on any atom is -0.446 e. The number of nitrogens with one attached hydrogen (secondary N) is 1. The second-order valence-corrected chi connectivity index (χ2v) is 2.99. The fourth-order valence-corrected chi connectivity index (χ4v) is 1.37. The first-order chi connectivity index (χ1) is 5.75. The number of carbonyl (C=O) groups excluding carboxylic acids is 1. The van der Waals surface area contributed by atoms with E-state index in [1.165, 1.54) is 0 Å². The summed E-state index contributed by atoms with van der Waals surface area (Å²) in [5.41, 5.74) is 0. The van der Waals surface area contributed by atoms with Crippen molar-refractivity contribution in [3.8, 4) is 0 Å². The minimum absolute atomic E-state index is 0.0917. The fraction of sp³-hybridized carbons (Fsp3) is 0.500. The molecule has 0 spiro atoms. The maximum Gasteiger partial charge on any atom is 0.220 e. The van der Waals surface area contributed by atoms with E-state index in [0.29, 0.717) is 18.9 Å². The molecule has 4 nitrogen and oxygen atoms in total. The van der Waals surface area contributed by atoms with Gasteiger partial charge in [-0.05, 0) is 0 Å². The Bertz CT molecular complexity index is 306. The molecule has 0 aromatic carbocycles. The lowest BCUT2D eigenvalue weighted by Crippen LogP contribution is -2.13. The van der Waals surface area contributed by atoms with Gasteiger partial charge >= 0.3 is 0 Å². The molecule has 1 amide bonds. The van der Waals surface area contributed by atoms with Crippen LogP contribution < -0.4 is 5.32 Å². The molecule has 0 saturated carbocycles. The number of aryl methyl sites for hydroxylation is 1. The van der Waals surface area contributed by atoms with Crippen LogP contribution in [0.15, 0.2) is 10.6 Å². The molecule has 64 valence electrons. The Morgan fingerprint density at radius 3 is 3.08 bits per heavy atom. The van der Waals surface area contributed by atoms with Crippen molar-refractivity contribution in [2.24, 2.45) is 0 Å². The molecule has 0 bridgehead atoms. The van der Waals surface area contributed by atoms with Crippen molar-refractivity contribution < 1.29 is 9.21 Å². The Hall–Kier alpha value is -1.32. The fourth-order valence-electron chi connectivity index (χ4n) is 1.37. The summed E-state index contributed by atoms with van der Waals surface area (Å²) in [5, 5.41) is 2.75. The average Bonchev–Trinajstić information content (AvgIpc) is 2.58. The van der Waals surface area contributed by atoms with Gasteiger partial charge in [0.2, 0.25) is 5.91 Å². The third-order valence-corrected chi connectivity index (χ3v) is 2.02. The third-order valence-electron chi connectivity index (χ3n) is 2.02. The highest BCUT2D eigenvalue weighted by Gasteiger charge is 2.25. The molecular weight excluding hydrogens is 156 g/mol. The minimum atomic E-state index is 0.0917. The maximum absolute atomic E-state index is 10.9. The Balaban J connectivity index is 2.15. The molecule has 2 rings (SSSR count). The maximum atomic E-state index is 10.9. The zero-order chi connectivity index (χ0) is 8.55. The first kappa shape index (κ1) is 7.34. The molecule has 1 aliphatic heterocycles.